The van der Waals surface area contributed by atoms with E-state index < -0.39 is 46.9 Å². The molecule has 15 heteroatoms. The van der Waals surface area contributed by atoms with Crippen molar-refractivity contribution in [3.8, 4) is 0 Å². The molecule has 1 saturated heterocycles. The smallest absolute Gasteiger partial charge is 0.350 e. The molecule has 2 amide bonds. The van der Waals surface area contributed by atoms with E-state index in [2.05, 4.69) is 15.5 Å². The number of nitrogens with zero attached hydrogens (tertiary/aromatic N) is 3. The lowest BCUT2D eigenvalue weighted by Crippen LogP contribution is -2.69. The fourth-order valence-corrected chi connectivity index (χ4v) is 5.03. The molecule has 184 valence electrons. The van der Waals surface area contributed by atoms with Crippen molar-refractivity contribution in [3.63, 3.8) is 0 Å². The van der Waals surface area contributed by atoms with Crippen LogP contribution < -0.4 is 11.1 Å². The zero-order chi connectivity index (χ0) is 25.4. The van der Waals surface area contributed by atoms with Gasteiger partial charge in [-0.15, -0.1) is 11.8 Å². The first-order chi connectivity index (χ1) is 15.8. The lowest BCUT2D eigenvalue weighted by molar-refractivity contribution is -0.167. The molecule has 1 fully saturated rings. The number of aliphatic carboxylic acids is 1. The topological polar surface area (TPSA) is 174 Å². The molecule has 0 aromatic carbocycles. The minimum absolute atomic E-state index is 0.0579. The van der Waals surface area contributed by atoms with Gasteiger partial charge in [-0.3, -0.25) is 9.59 Å². The Morgan fingerprint density at radius 1 is 1.41 bits per heavy atom. The maximum Gasteiger partial charge on any atom is 0.350 e. The second kappa shape index (κ2) is 9.80. The molecule has 1 aromatic heterocycles. The van der Waals surface area contributed by atoms with Crippen LogP contribution in [0.25, 0.3) is 0 Å². The van der Waals surface area contributed by atoms with Gasteiger partial charge in [0.05, 0.1) is 5.57 Å². The molecule has 2 aliphatic heterocycles. The van der Waals surface area contributed by atoms with Crippen molar-refractivity contribution in [1.82, 2.24) is 15.2 Å². The van der Waals surface area contributed by atoms with Gasteiger partial charge >= 0.3 is 11.9 Å². The Hall–Kier alpha value is -2.84. The number of carbonyl (C=O) groups is 4. The number of carbonyl (C=O) groups excluding carboxylic acids is 3. The van der Waals surface area contributed by atoms with E-state index in [-0.39, 0.29) is 32.2 Å². The SMILES string of the molecule is CC(ON=C(C(=O)NC1C(=O)N2C=C(C(=O)O)CS[C@H]12)c1nc(N)sc1Cl)C(=O)OC(C)(C)C. The summed E-state index contributed by atoms with van der Waals surface area (Å²) in [7, 11) is 0. The molecular weight excluding hydrogens is 510 g/mol. The highest BCUT2D eigenvalue weighted by Crippen LogP contribution is 2.36. The summed E-state index contributed by atoms with van der Waals surface area (Å²) in [5.74, 6) is -2.98. The number of carboxylic acids is 1. The normalized spacial score (nSPS) is 21.1. The van der Waals surface area contributed by atoms with Crippen LogP contribution in [0.4, 0.5) is 5.13 Å². The molecular formula is C19H22ClN5O7S2. The molecule has 0 aliphatic carbocycles. The highest BCUT2D eigenvalue weighted by molar-refractivity contribution is 8.00. The predicted molar refractivity (Wildman–Crippen MR) is 125 cm³/mol. The average Bonchev–Trinajstić information content (AvgIpc) is 3.07. The van der Waals surface area contributed by atoms with Gasteiger partial charge in [0.2, 0.25) is 6.10 Å². The number of hydrogen-bond acceptors (Lipinski definition) is 11. The molecule has 3 heterocycles. The third kappa shape index (κ3) is 5.62. The predicted octanol–water partition coefficient (Wildman–Crippen LogP) is 1.20. The van der Waals surface area contributed by atoms with Gasteiger partial charge in [0.1, 0.15) is 27.0 Å². The third-order valence-electron chi connectivity index (χ3n) is 4.43. The zero-order valence-corrected chi connectivity index (χ0v) is 20.9. The lowest BCUT2D eigenvalue weighted by Gasteiger charge is -2.46. The first-order valence-corrected chi connectivity index (χ1v) is 12.1. The highest BCUT2D eigenvalue weighted by Gasteiger charge is 2.50. The Balaban J connectivity index is 1.78. The van der Waals surface area contributed by atoms with E-state index in [1.165, 1.54) is 29.8 Å². The van der Waals surface area contributed by atoms with Gasteiger partial charge in [-0.2, -0.15) is 0 Å². The number of halogens is 1. The van der Waals surface area contributed by atoms with Gasteiger partial charge in [0.15, 0.2) is 10.8 Å². The highest BCUT2D eigenvalue weighted by atomic mass is 35.5. The minimum Gasteiger partial charge on any atom is -0.478 e. The van der Waals surface area contributed by atoms with Crippen LogP contribution in [-0.4, -0.2) is 73.3 Å². The quantitative estimate of drug-likeness (QED) is 0.201. The van der Waals surface area contributed by atoms with E-state index in [1.807, 2.05) is 0 Å². The Morgan fingerprint density at radius 2 is 2.09 bits per heavy atom. The summed E-state index contributed by atoms with van der Waals surface area (Å²) in [5, 5.41) is 15.0. The van der Waals surface area contributed by atoms with Gasteiger partial charge in [-0.25, -0.2) is 14.6 Å². The number of amides is 2. The number of nitrogen functional groups attached to an aromatic ring is 1. The number of thiazole rings is 1. The standard InChI is InChI=1S/C19H22ClN5O7S2/c1-7(17(30)31-19(2,3)4)32-24-10(9-12(20)34-18(21)23-9)13(26)22-11-14(27)25-5-8(16(28)29)6-33-15(11)25/h5,7,11,15H,6H2,1-4H3,(H2,21,23)(H,22,26)(H,28,29)/t7?,11?,15-/m1/s1. The summed E-state index contributed by atoms with van der Waals surface area (Å²) in [6.45, 7) is 6.46. The number of nitrogens with one attached hydrogen (secondary N) is 1. The van der Waals surface area contributed by atoms with Gasteiger partial charge < -0.3 is 30.6 Å². The molecule has 3 atom stereocenters. The van der Waals surface area contributed by atoms with Crippen LogP contribution in [0.5, 0.6) is 0 Å². The average molecular weight is 532 g/mol. The summed E-state index contributed by atoms with van der Waals surface area (Å²) in [4.78, 5) is 59.3. The Morgan fingerprint density at radius 3 is 2.65 bits per heavy atom. The Kier molecular flexibility index (Phi) is 7.43. The number of oxime groups is 1. The first-order valence-electron chi connectivity index (χ1n) is 9.86. The van der Waals surface area contributed by atoms with E-state index in [1.54, 1.807) is 20.8 Å². The number of fused-ring (bicyclic) bond motifs is 1. The first kappa shape index (κ1) is 25.8. The van der Waals surface area contributed by atoms with Crippen molar-refractivity contribution in [2.45, 2.75) is 50.8 Å². The van der Waals surface area contributed by atoms with Crippen LogP contribution >= 0.6 is 34.7 Å². The van der Waals surface area contributed by atoms with E-state index in [0.717, 1.165) is 11.3 Å². The summed E-state index contributed by atoms with van der Waals surface area (Å²) in [5.41, 5.74) is 4.54. The fraction of sp³-hybridized carbons (Fsp3) is 0.474. The number of β-lactam (4-membered cyclic amide) rings is 1. The van der Waals surface area contributed by atoms with Crippen LogP contribution in [0.15, 0.2) is 16.9 Å². The molecule has 1 aromatic rings. The van der Waals surface area contributed by atoms with E-state index >= 15 is 0 Å². The number of ether oxygens (including phenoxy) is 1. The minimum atomic E-state index is -1.16. The van der Waals surface area contributed by atoms with Crippen LogP contribution in [0, 0.1) is 0 Å². The molecule has 3 rings (SSSR count). The number of rotatable bonds is 7. The van der Waals surface area contributed by atoms with Crippen LogP contribution in [0.1, 0.15) is 33.4 Å². The second-order valence-electron chi connectivity index (χ2n) is 8.25. The number of esters is 1. The molecule has 0 saturated carbocycles. The molecule has 0 radical (unpaired) electrons. The summed E-state index contributed by atoms with van der Waals surface area (Å²) >= 11 is 8.24. The van der Waals surface area contributed by atoms with Gasteiger partial charge in [0, 0.05) is 12.0 Å². The van der Waals surface area contributed by atoms with Gasteiger partial charge in [-0.1, -0.05) is 28.1 Å². The number of aromatic nitrogens is 1. The van der Waals surface area contributed by atoms with Gasteiger partial charge in [0.25, 0.3) is 11.8 Å². The summed E-state index contributed by atoms with van der Waals surface area (Å²) in [6, 6.07) is -0.938. The molecule has 2 aliphatic rings. The Bertz CT molecular complexity index is 1100. The van der Waals surface area contributed by atoms with Crippen molar-refractivity contribution in [2.75, 3.05) is 11.5 Å². The van der Waals surface area contributed by atoms with E-state index in [0.29, 0.717) is 0 Å². The van der Waals surface area contributed by atoms with Crippen LogP contribution in [0.3, 0.4) is 0 Å². The maximum atomic E-state index is 13.0. The van der Waals surface area contributed by atoms with Crippen molar-refractivity contribution >= 4 is 69.3 Å². The van der Waals surface area contributed by atoms with Crippen molar-refractivity contribution < 1.29 is 33.9 Å². The monoisotopic (exact) mass is 531 g/mol. The number of nitrogens with two attached hydrogens (primary N) is 1. The molecule has 34 heavy (non-hydrogen) atoms. The number of carboxylic acid groups (broad SMARTS) is 1. The second-order valence-corrected chi connectivity index (χ2v) is 11.0. The molecule has 0 spiro atoms. The van der Waals surface area contributed by atoms with Crippen molar-refractivity contribution in [1.29, 1.82) is 0 Å². The molecule has 4 N–H and O–H groups in total. The Labute approximate surface area is 207 Å². The van der Waals surface area contributed by atoms with Gasteiger partial charge in [-0.05, 0) is 27.7 Å². The number of hydrogen-bond donors (Lipinski definition) is 3. The molecule has 2 unspecified atom stereocenters. The zero-order valence-electron chi connectivity index (χ0n) is 18.5. The summed E-state index contributed by atoms with van der Waals surface area (Å²) < 4.78 is 5.28. The number of anilines is 1. The molecule has 12 nitrogen and oxygen atoms in total. The largest absolute Gasteiger partial charge is 0.478 e. The fourth-order valence-electron chi connectivity index (χ4n) is 2.85. The van der Waals surface area contributed by atoms with Crippen molar-refractivity contribution in [3.05, 3.63) is 21.8 Å². The maximum absolute atomic E-state index is 13.0. The van der Waals surface area contributed by atoms with Crippen molar-refractivity contribution in [2.24, 2.45) is 5.16 Å². The number of thioether (sulfide) groups is 1. The lowest BCUT2D eigenvalue weighted by atomic mass is 10.1. The van der Waals surface area contributed by atoms with E-state index in [9.17, 15) is 19.2 Å². The van der Waals surface area contributed by atoms with Crippen LogP contribution in [0.2, 0.25) is 4.34 Å². The summed E-state index contributed by atoms with van der Waals surface area (Å²) in [6.07, 6.45) is 0.0960. The van der Waals surface area contributed by atoms with Crippen LogP contribution in [-0.2, 0) is 28.8 Å². The molecule has 0 bridgehead atoms. The van der Waals surface area contributed by atoms with E-state index in [4.69, 9.17) is 32.0 Å². The third-order valence-corrected chi connectivity index (χ3v) is 6.83.